The molecule has 112 valence electrons. The van der Waals surface area contributed by atoms with Crippen molar-refractivity contribution in [2.45, 2.75) is 25.5 Å². The molecule has 20 heavy (non-hydrogen) atoms. The summed E-state index contributed by atoms with van der Waals surface area (Å²) >= 11 is 0. The first-order valence-corrected chi connectivity index (χ1v) is 6.31. The molecule has 1 rings (SSSR count). The summed E-state index contributed by atoms with van der Waals surface area (Å²) in [6.45, 7) is 1.20. The molecular weight excluding hydrogens is 262 g/mol. The van der Waals surface area contributed by atoms with Crippen LogP contribution < -0.4 is 14.8 Å². The summed E-state index contributed by atoms with van der Waals surface area (Å²) in [7, 11) is 3.07. The van der Waals surface area contributed by atoms with Crippen molar-refractivity contribution in [3.8, 4) is 11.5 Å². The molecule has 0 aliphatic rings. The van der Waals surface area contributed by atoms with Crippen LogP contribution in [0.2, 0.25) is 0 Å². The van der Waals surface area contributed by atoms with Gasteiger partial charge in [0.05, 0.1) is 39.4 Å². The number of benzene rings is 1. The van der Waals surface area contributed by atoms with Gasteiger partial charge in [-0.2, -0.15) is 0 Å². The van der Waals surface area contributed by atoms with Crippen LogP contribution in [0.4, 0.5) is 0 Å². The van der Waals surface area contributed by atoms with Gasteiger partial charge in [-0.15, -0.1) is 0 Å². The van der Waals surface area contributed by atoms with Crippen molar-refractivity contribution in [1.29, 1.82) is 0 Å². The molecular formula is C14H21NO5. The molecule has 6 heteroatoms. The maximum absolute atomic E-state index is 11.8. The molecule has 6 nitrogen and oxygen atoms in total. The lowest BCUT2D eigenvalue weighted by molar-refractivity contribution is -0.122. The number of hydrogen-bond donors (Lipinski definition) is 3. The van der Waals surface area contributed by atoms with Crippen LogP contribution in [-0.4, -0.2) is 49.1 Å². The molecule has 0 aliphatic carbocycles. The summed E-state index contributed by atoms with van der Waals surface area (Å²) in [5.41, 5.74) is 0.752. The normalized spacial score (nSPS) is 13.4. The summed E-state index contributed by atoms with van der Waals surface area (Å²) < 4.78 is 10.3. The summed E-state index contributed by atoms with van der Waals surface area (Å²) in [6.07, 6.45) is -0.682. The Labute approximate surface area is 118 Å². The molecule has 1 aromatic rings. The van der Waals surface area contributed by atoms with Crippen LogP contribution in [0, 0.1) is 0 Å². The SMILES string of the molecule is COc1ccc(CC(=O)N[C@@H](CO)C(C)O)cc1OC. The zero-order valence-electron chi connectivity index (χ0n) is 11.9. The smallest absolute Gasteiger partial charge is 0.224 e. The maximum atomic E-state index is 11.8. The fourth-order valence-corrected chi connectivity index (χ4v) is 1.75. The van der Waals surface area contributed by atoms with Gasteiger partial charge in [-0.3, -0.25) is 4.79 Å². The number of methoxy groups -OCH3 is 2. The number of amides is 1. The van der Waals surface area contributed by atoms with Crippen molar-refractivity contribution >= 4 is 5.91 Å². The Morgan fingerprint density at radius 3 is 2.45 bits per heavy atom. The Morgan fingerprint density at radius 2 is 1.95 bits per heavy atom. The third-order valence-electron chi connectivity index (χ3n) is 2.94. The number of aliphatic hydroxyl groups is 2. The lowest BCUT2D eigenvalue weighted by Crippen LogP contribution is -2.45. The molecule has 0 saturated heterocycles. The topological polar surface area (TPSA) is 88.0 Å². The summed E-state index contributed by atoms with van der Waals surface area (Å²) in [4.78, 5) is 11.8. The summed E-state index contributed by atoms with van der Waals surface area (Å²) in [5, 5.41) is 21.0. The molecule has 0 bridgehead atoms. The molecule has 0 saturated carbocycles. The second-order valence-electron chi connectivity index (χ2n) is 4.46. The van der Waals surface area contributed by atoms with Crippen LogP contribution in [0.3, 0.4) is 0 Å². The molecule has 1 aromatic carbocycles. The lowest BCUT2D eigenvalue weighted by atomic mass is 10.1. The van der Waals surface area contributed by atoms with E-state index in [4.69, 9.17) is 14.6 Å². The van der Waals surface area contributed by atoms with Gasteiger partial charge in [0.15, 0.2) is 11.5 Å². The number of rotatable bonds is 7. The fraction of sp³-hybridized carbons (Fsp3) is 0.500. The second kappa shape index (κ2) is 7.72. The van der Waals surface area contributed by atoms with Crippen molar-refractivity contribution in [2.75, 3.05) is 20.8 Å². The fourth-order valence-electron chi connectivity index (χ4n) is 1.75. The zero-order valence-corrected chi connectivity index (χ0v) is 11.9. The lowest BCUT2D eigenvalue weighted by Gasteiger charge is -2.19. The van der Waals surface area contributed by atoms with E-state index in [-0.39, 0.29) is 18.9 Å². The number of aliphatic hydroxyl groups excluding tert-OH is 2. The highest BCUT2D eigenvalue weighted by Gasteiger charge is 2.17. The molecule has 0 spiro atoms. The minimum atomic E-state index is -0.811. The predicted octanol–water partition coefficient (Wildman–Crippen LogP) is 0.104. The van der Waals surface area contributed by atoms with Crippen molar-refractivity contribution in [3.05, 3.63) is 23.8 Å². The van der Waals surface area contributed by atoms with Crippen LogP contribution in [0.25, 0.3) is 0 Å². The van der Waals surface area contributed by atoms with Gasteiger partial charge in [-0.25, -0.2) is 0 Å². The van der Waals surface area contributed by atoms with E-state index in [2.05, 4.69) is 5.32 Å². The van der Waals surface area contributed by atoms with Crippen LogP contribution in [0.15, 0.2) is 18.2 Å². The molecule has 0 radical (unpaired) electrons. The largest absolute Gasteiger partial charge is 0.493 e. The van der Waals surface area contributed by atoms with Gasteiger partial charge in [0.2, 0.25) is 5.91 Å². The van der Waals surface area contributed by atoms with Crippen LogP contribution in [0.1, 0.15) is 12.5 Å². The highest BCUT2D eigenvalue weighted by atomic mass is 16.5. The Morgan fingerprint density at radius 1 is 1.30 bits per heavy atom. The van der Waals surface area contributed by atoms with E-state index in [1.165, 1.54) is 14.0 Å². The van der Waals surface area contributed by atoms with Crippen LogP contribution in [-0.2, 0) is 11.2 Å². The molecule has 2 atom stereocenters. The first-order chi connectivity index (χ1) is 9.51. The molecule has 0 fully saturated rings. The first-order valence-electron chi connectivity index (χ1n) is 6.31. The van der Waals surface area contributed by atoms with E-state index < -0.39 is 12.1 Å². The average Bonchev–Trinajstić information content (AvgIpc) is 2.44. The maximum Gasteiger partial charge on any atom is 0.224 e. The quantitative estimate of drug-likeness (QED) is 0.661. The Hall–Kier alpha value is -1.79. The zero-order chi connectivity index (χ0) is 15.1. The van der Waals surface area contributed by atoms with Crippen LogP contribution in [0.5, 0.6) is 11.5 Å². The van der Waals surface area contributed by atoms with Crippen molar-refractivity contribution in [2.24, 2.45) is 0 Å². The van der Waals surface area contributed by atoms with E-state index in [0.29, 0.717) is 11.5 Å². The third kappa shape index (κ3) is 4.40. The van der Waals surface area contributed by atoms with E-state index in [0.717, 1.165) is 5.56 Å². The van der Waals surface area contributed by atoms with E-state index >= 15 is 0 Å². The molecule has 1 unspecified atom stereocenters. The molecule has 0 aromatic heterocycles. The van der Waals surface area contributed by atoms with Gasteiger partial charge in [-0.05, 0) is 24.6 Å². The highest BCUT2D eigenvalue weighted by Crippen LogP contribution is 2.27. The molecule has 0 heterocycles. The van der Waals surface area contributed by atoms with Gasteiger partial charge < -0.3 is 25.0 Å². The van der Waals surface area contributed by atoms with Gasteiger partial charge in [0, 0.05) is 0 Å². The van der Waals surface area contributed by atoms with Gasteiger partial charge in [0.1, 0.15) is 0 Å². The number of ether oxygens (including phenoxy) is 2. The summed E-state index contributed by atoms with van der Waals surface area (Å²) in [6, 6.07) is 4.54. The molecule has 3 N–H and O–H groups in total. The van der Waals surface area contributed by atoms with Crippen molar-refractivity contribution in [3.63, 3.8) is 0 Å². The Bertz CT molecular complexity index is 447. The second-order valence-corrected chi connectivity index (χ2v) is 4.46. The minimum Gasteiger partial charge on any atom is -0.493 e. The van der Waals surface area contributed by atoms with Crippen molar-refractivity contribution in [1.82, 2.24) is 5.32 Å². The highest BCUT2D eigenvalue weighted by molar-refractivity contribution is 5.79. The number of nitrogens with one attached hydrogen (secondary N) is 1. The third-order valence-corrected chi connectivity index (χ3v) is 2.94. The Kier molecular flexibility index (Phi) is 6.27. The van der Waals surface area contributed by atoms with Gasteiger partial charge in [0.25, 0.3) is 0 Å². The van der Waals surface area contributed by atoms with E-state index in [1.54, 1.807) is 25.3 Å². The van der Waals surface area contributed by atoms with Gasteiger partial charge in [-0.1, -0.05) is 6.07 Å². The van der Waals surface area contributed by atoms with Crippen molar-refractivity contribution < 1.29 is 24.5 Å². The number of hydrogen-bond acceptors (Lipinski definition) is 5. The molecule has 1 amide bonds. The van der Waals surface area contributed by atoms with E-state index in [1.807, 2.05) is 0 Å². The number of carbonyl (C=O) groups is 1. The average molecular weight is 283 g/mol. The minimum absolute atomic E-state index is 0.129. The first kappa shape index (κ1) is 16.3. The molecule has 0 aliphatic heterocycles. The van der Waals surface area contributed by atoms with E-state index in [9.17, 15) is 9.90 Å². The standard InChI is InChI=1S/C14H21NO5/c1-9(17)11(8-16)15-14(18)7-10-4-5-12(19-2)13(6-10)20-3/h4-6,9,11,16-17H,7-8H2,1-3H3,(H,15,18)/t9?,11-/m0/s1. The van der Waals surface area contributed by atoms with Gasteiger partial charge >= 0.3 is 0 Å². The van der Waals surface area contributed by atoms with Crippen LogP contribution >= 0.6 is 0 Å². The Balaban J connectivity index is 2.71. The number of carbonyl (C=O) groups excluding carboxylic acids is 1. The predicted molar refractivity (Wildman–Crippen MR) is 73.9 cm³/mol. The monoisotopic (exact) mass is 283 g/mol. The summed E-state index contributed by atoms with van der Waals surface area (Å²) in [5.74, 6) is 0.859.